The number of nitrogens with one attached hydrogen (secondary N) is 2. The highest BCUT2D eigenvalue weighted by molar-refractivity contribution is 7.92. The van der Waals surface area contributed by atoms with Crippen LogP contribution in [0.25, 0.3) is 0 Å². The van der Waals surface area contributed by atoms with E-state index in [1.54, 1.807) is 6.29 Å². The standard InChI is InChI=1S/C13H23N2O4S/c1-4-20(18,19)14-9-7-5-6-8-13(17)15-12(10-16)11(2)3/h4,11-12,14H,1,5-9H2,2-3H3,(H,15,17)/t12-/m1/s1. The fourth-order valence-corrected chi connectivity index (χ4v) is 1.99. The molecule has 0 unspecified atom stereocenters. The number of carbonyl (C=O) groups is 1. The number of sulfonamides is 1. The SMILES string of the molecule is C=CS(=O)(=O)NCCCCCC(=O)N[C@H]([C]=O)C(C)C. The van der Waals surface area contributed by atoms with E-state index in [1.807, 2.05) is 13.8 Å². The lowest BCUT2D eigenvalue weighted by atomic mass is 10.1. The second-order valence-electron chi connectivity index (χ2n) is 4.82. The van der Waals surface area contributed by atoms with Crippen molar-refractivity contribution in [3.05, 3.63) is 12.0 Å². The molecule has 1 radical (unpaired) electrons. The number of rotatable bonds is 11. The average Bonchev–Trinajstić information content (AvgIpc) is 2.39. The highest BCUT2D eigenvalue weighted by atomic mass is 32.2. The van der Waals surface area contributed by atoms with Crippen LogP contribution in [0.2, 0.25) is 0 Å². The maximum Gasteiger partial charge on any atom is 0.233 e. The first-order valence-electron chi connectivity index (χ1n) is 6.61. The van der Waals surface area contributed by atoms with Crippen molar-refractivity contribution in [1.82, 2.24) is 10.0 Å². The Kier molecular flexibility index (Phi) is 9.07. The van der Waals surface area contributed by atoms with Gasteiger partial charge in [-0.1, -0.05) is 26.8 Å². The summed E-state index contributed by atoms with van der Waals surface area (Å²) in [4.78, 5) is 22.1. The van der Waals surface area contributed by atoms with E-state index in [-0.39, 0.29) is 11.8 Å². The number of unbranched alkanes of at least 4 members (excludes halogenated alkanes) is 2. The Morgan fingerprint density at radius 3 is 2.45 bits per heavy atom. The van der Waals surface area contributed by atoms with Crippen LogP contribution in [0.1, 0.15) is 39.5 Å². The smallest absolute Gasteiger partial charge is 0.233 e. The molecule has 6 nitrogen and oxygen atoms in total. The lowest BCUT2D eigenvalue weighted by Crippen LogP contribution is -2.39. The van der Waals surface area contributed by atoms with Crippen LogP contribution >= 0.6 is 0 Å². The third-order valence-corrected chi connectivity index (χ3v) is 3.76. The lowest BCUT2D eigenvalue weighted by molar-refractivity contribution is -0.121. The minimum Gasteiger partial charge on any atom is -0.346 e. The van der Waals surface area contributed by atoms with Gasteiger partial charge in [-0.25, -0.2) is 13.1 Å². The highest BCUT2D eigenvalue weighted by Crippen LogP contribution is 2.02. The molecule has 2 N–H and O–H groups in total. The van der Waals surface area contributed by atoms with Crippen molar-refractivity contribution in [2.75, 3.05) is 6.54 Å². The highest BCUT2D eigenvalue weighted by Gasteiger charge is 2.15. The zero-order chi connectivity index (χ0) is 15.6. The molecular formula is C13H23N2O4S. The van der Waals surface area contributed by atoms with Crippen molar-refractivity contribution in [2.45, 2.75) is 45.6 Å². The van der Waals surface area contributed by atoms with Crippen molar-refractivity contribution >= 4 is 22.2 Å². The van der Waals surface area contributed by atoms with E-state index in [2.05, 4.69) is 16.6 Å². The second kappa shape index (κ2) is 9.66. The Morgan fingerprint density at radius 1 is 1.30 bits per heavy atom. The predicted octanol–water partition coefficient (Wildman–Crippen LogP) is 0.860. The summed E-state index contributed by atoms with van der Waals surface area (Å²) in [5.74, 6) is -0.163. The zero-order valence-electron chi connectivity index (χ0n) is 12.0. The van der Waals surface area contributed by atoms with Crippen LogP contribution < -0.4 is 10.0 Å². The van der Waals surface area contributed by atoms with Gasteiger partial charge in [-0.2, -0.15) is 0 Å². The van der Waals surface area contributed by atoms with Gasteiger partial charge in [0.15, 0.2) is 0 Å². The van der Waals surface area contributed by atoms with Crippen molar-refractivity contribution < 1.29 is 18.0 Å². The molecule has 1 amide bonds. The van der Waals surface area contributed by atoms with Gasteiger partial charge in [0.1, 0.15) is 0 Å². The summed E-state index contributed by atoms with van der Waals surface area (Å²) < 4.78 is 24.4. The van der Waals surface area contributed by atoms with E-state index in [0.717, 1.165) is 11.8 Å². The molecule has 0 saturated heterocycles. The number of hydrogen-bond donors (Lipinski definition) is 2. The van der Waals surface area contributed by atoms with Gasteiger partial charge >= 0.3 is 0 Å². The largest absolute Gasteiger partial charge is 0.346 e. The molecule has 115 valence electrons. The Bertz CT molecular complexity index is 418. The third-order valence-electron chi connectivity index (χ3n) is 2.71. The Balaban J connectivity index is 3.73. The van der Waals surface area contributed by atoms with Gasteiger partial charge in [0.25, 0.3) is 0 Å². The summed E-state index contributed by atoms with van der Waals surface area (Å²) in [6.07, 6.45) is 4.13. The first kappa shape index (κ1) is 18.8. The average molecular weight is 303 g/mol. The molecule has 0 rings (SSSR count). The molecule has 0 saturated carbocycles. The van der Waals surface area contributed by atoms with Gasteiger partial charge in [-0.05, 0) is 18.8 Å². The summed E-state index contributed by atoms with van der Waals surface area (Å²) in [7, 11) is -3.36. The normalized spacial score (nSPS) is 12.9. The summed E-state index contributed by atoms with van der Waals surface area (Å²) in [5.41, 5.74) is 0. The molecule has 0 aliphatic carbocycles. The summed E-state index contributed by atoms with van der Waals surface area (Å²) in [6, 6.07) is -0.568. The van der Waals surface area contributed by atoms with Gasteiger partial charge in [-0.3, -0.25) is 9.59 Å². The van der Waals surface area contributed by atoms with Gasteiger partial charge in [0.2, 0.25) is 22.2 Å². The van der Waals surface area contributed by atoms with Crippen LogP contribution in [0, 0.1) is 5.92 Å². The van der Waals surface area contributed by atoms with Crippen LogP contribution in [-0.4, -0.2) is 33.2 Å². The van der Waals surface area contributed by atoms with Crippen LogP contribution in [-0.2, 0) is 19.6 Å². The Labute approximate surface area is 121 Å². The van der Waals surface area contributed by atoms with E-state index >= 15 is 0 Å². The fourth-order valence-electron chi connectivity index (χ4n) is 1.44. The summed E-state index contributed by atoms with van der Waals surface area (Å²) in [6.45, 7) is 7.18. The van der Waals surface area contributed by atoms with Gasteiger partial charge < -0.3 is 5.32 Å². The van der Waals surface area contributed by atoms with E-state index in [9.17, 15) is 18.0 Å². The molecule has 20 heavy (non-hydrogen) atoms. The number of amides is 1. The molecule has 0 aromatic carbocycles. The first-order valence-corrected chi connectivity index (χ1v) is 8.16. The molecule has 7 heteroatoms. The van der Waals surface area contributed by atoms with Crippen LogP contribution in [0.3, 0.4) is 0 Å². The molecule has 1 atom stereocenters. The number of carbonyl (C=O) groups excluding carboxylic acids is 2. The van der Waals surface area contributed by atoms with E-state index in [4.69, 9.17) is 0 Å². The van der Waals surface area contributed by atoms with E-state index in [0.29, 0.717) is 25.8 Å². The topological polar surface area (TPSA) is 92.3 Å². The maximum atomic E-state index is 11.5. The Morgan fingerprint density at radius 2 is 1.95 bits per heavy atom. The van der Waals surface area contributed by atoms with Gasteiger partial charge in [-0.15, -0.1) is 0 Å². The fraction of sp³-hybridized carbons (Fsp3) is 0.692. The van der Waals surface area contributed by atoms with Crippen LogP contribution in [0.4, 0.5) is 0 Å². The minimum absolute atomic E-state index is 0.0183. The van der Waals surface area contributed by atoms with Gasteiger partial charge in [0, 0.05) is 18.4 Å². The molecule has 0 heterocycles. The molecule has 0 aliphatic heterocycles. The molecule has 0 aromatic heterocycles. The van der Waals surface area contributed by atoms with E-state index in [1.165, 1.54) is 0 Å². The zero-order valence-corrected chi connectivity index (χ0v) is 12.8. The van der Waals surface area contributed by atoms with Crippen molar-refractivity contribution in [2.24, 2.45) is 5.92 Å². The molecule has 0 spiro atoms. The number of hydrogen-bond acceptors (Lipinski definition) is 4. The summed E-state index contributed by atoms with van der Waals surface area (Å²) in [5, 5.41) is 3.47. The quantitative estimate of drug-likeness (QED) is 0.554. The molecule has 0 aliphatic rings. The van der Waals surface area contributed by atoms with Gasteiger partial charge in [0.05, 0.1) is 6.04 Å². The van der Waals surface area contributed by atoms with Crippen molar-refractivity contribution in [1.29, 1.82) is 0 Å². The molecule has 0 fully saturated rings. The van der Waals surface area contributed by atoms with Crippen molar-refractivity contribution in [3.8, 4) is 0 Å². The lowest BCUT2D eigenvalue weighted by Gasteiger charge is -2.15. The van der Waals surface area contributed by atoms with E-state index < -0.39 is 16.1 Å². The first-order chi connectivity index (χ1) is 9.32. The predicted molar refractivity (Wildman–Crippen MR) is 78.0 cm³/mol. The van der Waals surface area contributed by atoms with Crippen LogP contribution in [0.15, 0.2) is 12.0 Å². The third kappa shape index (κ3) is 8.82. The molecule has 0 aromatic rings. The molecular weight excluding hydrogens is 280 g/mol. The minimum atomic E-state index is -3.36. The Hall–Kier alpha value is -1.21. The van der Waals surface area contributed by atoms with Crippen LogP contribution in [0.5, 0.6) is 0 Å². The second-order valence-corrected chi connectivity index (χ2v) is 6.54. The molecule has 0 bridgehead atoms. The van der Waals surface area contributed by atoms with Crippen molar-refractivity contribution in [3.63, 3.8) is 0 Å². The monoisotopic (exact) mass is 303 g/mol. The summed E-state index contributed by atoms with van der Waals surface area (Å²) >= 11 is 0. The maximum absolute atomic E-state index is 11.5.